The van der Waals surface area contributed by atoms with Crippen molar-refractivity contribution in [3.8, 4) is 5.75 Å². The van der Waals surface area contributed by atoms with Gasteiger partial charge in [-0.2, -0.15) is 0 Å². The van der Waals surface area contributed by atoms with Gasteiger partial charge in [0.05, 0.1) is 7.11 Å². The second-order valence-corrected chi connectivity index (χ2v) is 5.53. The van der Waals surface area contributed by atoms with Gasteiger partial charge in [-0.15, -0.1) is 0 Å². The molecule has 0 aliphatic heterocycles. The monoisotopic (exact) mass is 343 g/mol. The zero-order valence-corrected chi connectivity index (χ0v) is 13.6. The summed E-state index contributed by atoms with van der Waals surface area (Å²) in [5.74, 6) is 0.0583. The molecule has 122 valence electrons. The van der Waals surface area contributed by atoms with Crippen LogP contribution in [0.5, 0.6) is 5.75 Å². The predicted octanol–water partition coefficient (Wildman–Crippen LogP) is 3.39. The predicted molar refractivity (Wildman–Crippen MR) is 91.7 cm³/mol. The maximum atomic E-state index is 12.3. The fraction of sp³-hybridized carbons (Fsp3) is 0.111. The van der Waals surface area contributed by atoms with Crippen molar-refractivity contribution in [3.63, 3.8) is 0 Å². The van der Waals surface area contributed by atoms with Crippen molar-refractivity contribution < 1.29 is 13.9 Å². The molecule has 3 rings (SSSR count). The van der Waals surface area contributed by atoms with E-state index >= 15 is 0 Å². The lowest BCUT2D eigenvalue weighted by atomic mass is 10.1. The first kappa shape index (κ1) is 16.1. The number of hydrogen-bond donors (Lipinski definition) is 1. The minimum absolute atomic E-state index is 0.0558. The lowest BCUT2D eigenvalue weighted by Crippen LogP contribution is -2.27. The van der Waals surface area contributed by atoms with Gasteiger partial charge in [0, 0.05) is 23.0 Å². The van der Waals surface area contributed by atoms with E-state index in [-0.39, 0.29) is 12.1 Å². The normalized spacial score (nSPS) is 10.6. The summed E-state index contributed by atoms with van der Waals surface area (Å²) in [7, 11) is 1.52. The van der Waals surface area contributed by atoms with Gasteiger partial charge in [-0.3, -0.25) is 4.79 Å². The van der Waals surface area contributed by atoms with Crippen LogP contribution in [0.3, 0.4) is 0 Å². The highest BCUT2D eigenvalue weighted by atomic mass is 35.5. The van der Waals surface area contributed by atoms with Gasteiger partial charge in [-0.25, -0.2) is 4.79 Å². The van der Waals surface area contributed by atoms with Crippen molar-refractivity contribution in [3.05, 3.63) is 75.1 Å². The van der Waals surface area contributed by atoms with Crippen LogP contribution < -0.4 is 15.7 Å². The zero-order chi connectivity index (χ0) is 17.1. The standard InChI is InChI=1S/C18H14ClNO4/c1-23-13-7-6-11-8-14(18(22)24-16(11)9-13)17(21)20-10-12-4-2-3-5-15(12)19/h2-9H,10H2,1H3,(H,20,21). The number of halogens is 1. The molecular weight excluding hydrogens is 330 g/mol. The Bertz CT molecular complexity index is 965. The summed E-state index contributed by atoms with van der Waals surface area (Å²) in [5.41, 5.74) is 0.372. The molecular formula is C18H14ClNO4. The first-order valence-electron chi connectivity index (χ1n) is 7.22. The van der Waals surface area contributed by atoms with E-state index in [4.69, 9.17) is 20.8 Å². The molecule has 1 heterocycles. The number of hydrogen-bond acceptors (Lipinski definition) is 4. The molecule has 3 aromatic rings. The Morgan fingerprint density at radius 2 is 2.00 bits per heavy atom. The second kappa shape index (κ2) is 6.76. The summed E-state index contributed by atoms with van der Waals surface area (Å²) in [6.07, 6.45) is 0. The highest BCUT2D eigenvalue weighted by Crippen LogP contribution is 2.20. The minimum atomic E-state index is -0.701. The van der Waals surface area contributed by atoms with Gasteiger partial charge in [0.2, 0.25) is 0 Å². The van der Waals surface area contributed by atoms with Gasteiger partial charge in [0.25, 0.3) is 5.91 Å². The number of nitrogens with one attached hydrogen (secondary N) is 1. The zero-order valence-electron chi connectivity index (χ0n) is 12.8. The van der Waals surface area contributed by atoms with Gasteiger partial charge in [0.15, 0.2) is 0 Å². The first-order valence-corrected chi connectivity index (χ1v) is 7.60. The van der Waals surface area contributed by atoms with E-state index in [0.717, 1.165) is 5.56 Å². The number of methoxy groups -OCH3 is 1. The van der Waals surface area contributed by atoms with Crippen LogP contribution in [0, 0.1) is 0 Å². The fourth-order valence-electron chi connectivity index (χ4n) is 2.29. The quantitative estimate of drug-likeness (QED) is 0.737. The highest BCUT2D eigenvalue weighted by Gasteiger charge is 2.14. The number of carbonyl (C=O) groups excluding carboxylic acids is 1. The van der Waals surface area contributed by atoms with Gasteiger partial charge >= 0.3 is 5.63 Å². The van der Waals surface area contributed by atoms with Crippen molar-refractivity contribution in [2.75, 3.05) is 7.11 Å². The van der Waals surface area contributed by atoms with E-state index in [0.29, 0.717) is 21.7 Å². The van der Waals surface area contributed by atoms with E-state index in [1.54, 1.807) is 36.4 Å². The Morgan fingerprint density at radius 1 is 1.21 bits per heavy atom. The number of amides is 1. The summed E-state index contributed by atoms with van der Waals surface area (Å²) < 4.78 is 10.3. The molecule has 1 amide bonds. The number of ether oxygens (including phenoxy) is 1. The van der Waals surface area contributed by atoms with Crippen molar-refractivity contribution in [1.29, 1.82) is 0 Å². The molecule has 1 aromatic heterocycles. The molecule has 6 heteroatoms. The van der Waals surface area contributed by atoms with E-state index in [9.17, 15) is 9.59 Å². The third kappa shape index (κ3) is 3.26. The molecule has 0 radical (unpaired) electrons. The van der Waals surface area contributed by atoms with E-state index < -0.39 is 11.5 Å². The van der Waals surface area contributed by atoms with Crippen LogP contribution in [0.4, 0.5) is 0 Å². The molecule has 2 aromatic carbocycles. The van der Waals surface area contributed by atoms with Crippen LogP contribution >= 0.6 is 11.6 Å². The summed E-state index contributed by atoms with van der Waals surface area (Å²) in [6.45, 7) is 0.221. The fourth-order valence-corrected chi connectivity index (χ4v) is 2.49. The first-order chi connectivity index (χ1) is 11.6. The molecule has 0 atom stereocenters. The smallest absolute Gasteiger partial charge is 0.349 e. The summed E-state index contributed by atoms with van der Waals surface area (Å²) >= 11 is 6.05. The summed E-state index contributed by atoms with van der Waals surface area (Å²) in [4.78, 5) is 24.3. The molecule has 0 aliphatic rings. The van der Waals surface area contributed by atoms with Crippen LogP contribution in [0.15, 0.2) is 57.7 Å². The van der Waals surface area contributed by atoms with Gasteiger partial charge in [-0.1, -0.05) is 29.8 Å². The Hall–Kier alpha value is -2.79. The number of carbonyl (C=O) groups is 1. The third-order valence-corrected chi connectivity index (χ3v) is 3.95. The van der Waals surface area contributed by atoms with E-state index in [1.165, 1.54) is 13.2 Å². The van der Waals surface area contributed by atoms with Crippen molar-refractivity contribution in [1.82, 2.24) is 5.32 Å². The van der Waals surface area contributed by atoms with Crippen molar-refractivity contribution in [2.45, 2.75) is 6.54 Å². The average Bonchev–Trinajstić information content (AvgIpc) is 2.59. The van der Waals surface area contributed by atoms with Gasteiger partial charge < -0.3 is 14.5 Å². The van der Waals surface area contributed by atoms with Crippen molar-refractivity contribution in [2.24, 2.45) is 0 Å². The molecule has 0 aliphatic carbocycles. The molecule has 0 spiro atoms. The van der Waals surface area contributed by atoms with E-state index in [2.05, 4.69) is 5.32 Å². The highest BCUT2D eigenvalue weighted by molar-refractivity contribution is 6.31. The minimum Gasteiger partial charge on any atom is -0.497 e. The largest absolute Gasteiger partial charge is 0.497 e. The van der Waals surface area contributed by atoms with Gasteiger partial charge in [0.1, 0.15) is 16.9 Å². The lowest BCUT2D eigenvalue weighted by molar-refractivity contribution is 0.0947. The third-order valence-electron chi connectivity index (χ3n) is 3.58. The molecule has 0 saturated heterocycles. The lowest BCUT2D eigenvalue weighted by Gasteiger charge is -2.07. The topological polar surface area (TPSA) is 68.5 Å². The van der Waals surface area contributed by atoms with Crippen LogP contribution in [0.25, 0.3) is 11.0 Å². The van der Waals surface area contributed by atoms with Crippen LogP contribution in [-0.2, 0) is 6.54 Å². The Labute approximate surface area is 142 Å². The van der Waals surface area contributed by atoms with Crippen LogP contribution in [0.2, 0.25) is 5.02 Å². The molecule has 0 bridgehead atoms. The molecule has 0 saturated carbocycles. The molecule has 0 unspecified atom stereocenters. The Kier molecular flexibility index (Phi) is 4.53. The number of fused-ring (bicyclic) bond motifs is 1. The molecule has 1 N–H and O–H groups in total. The summed E-state index contributed by atoms with van der Waals surface area (Å²) in [6, 6.07) is 13.7. The Morgan fingerprint density at radius 3 is 2.75 bits per heavy atom. The SMILES string of the molecule is COc1ccc2cc(C(=O)NCc3ccccc3Cl)c(=O)oc2c1. The average molecular weight is 344 g/mol. The molecule has 24 heavy (non-hydrogen) atoms. The van der Waals surface area contributed by atoms with Gasteiger partial charge in [-0.05, 0) is 29.8 Å². The molecule has 5 nitrogen and oxygen atoms in total. The van der Waals surface area contributed by atoms with E-state index in [1.807, 2.05) is 6.07 Å². The maximum Gasteiger partial charge on any atom is 0.349 e. The number of benzene rings is 2. The summed E-state index contributed by atoms with van der Waals surface area (Å²) in [5, 5.41) is 3.86. The van der Waals surface area contributed by atoms with Crippen LogP contribution in [0.1, 0.15) is 15.9 Å². The Balaban J connectivity index is 1.86. The maximum absolute atomic E-state index is 12.3. The van der Waals surface area contributed by atoms with Crippen LogP contribution in [-0.4, -0.2) is 13.0 Å². The molecule has 0 fully saturated rings. The second-order valence-electron chi connectivity index (χ2n) is 5.13. The van der Waals surface area contributed by atoms with Crippen molar-refractivity contribution >= 4 is 28.5 Å². The number of rotatable bonds is 4.